The third-order valence-electron chi connectivity index (χ3n) is 5.75. The zero-order valence-corrected chi connectivity index (χ0v) is 14.5. The van der Waals surface area contributed by atoms with Crippen LogP contribution in [0.1, 0.15) is 42.6 Å². The van der Waals surface area contributed by atoms with E-state index < -0.39 is 0 Å². The summed E-state index contributed by atoms with van der Waals surface area (Å²) in [7, 11) is 0. The van der Waals surface area contributed by atoms with Gasteiger partial charge in [-0.1, -0.05) is 6.42 Å². The fourth-order valence-electron chi connectivity index (χ4n) is 4.35. The van der Waals surface area contributed by atoms with E-state index in [1.807, 2.05) is 11.0 Å². The molecule has 1 aliphatic carbocycles. The van der Waals surface area contributed by atoms with Crippen molar-refractivity contribution in [2.24, 2.45) is 5.92 Å². The molecule has 0 unspecified atom stereocenters. The van der Waals surface area contributed by atoms with Crippen molar-refractivity contribution in [3.05, 3.63) is 17.8 Å². The minimum atomic E-state index is -0.342. The van der Waals surface area contributed by atoms with E-state index in [2.05, 4.69) is 15.1 Å². The molecular formula is C18H26N4O3. The van der Waals surface area contributed by atoms with Crippen LogP contribution in [-0.4, -0.2) is 71.1 Å². The molecule has 7 heteroatoms. The van der Waals surface area contributed by atoms with E-state index in [1.54, 1.807) is 6.07 Å². The number of amides is 1. The number of hydrogen-bond acceptors (Lipinski definition) is 6. The van der Waals surface area contributed by atoms with Gasteiger partial charge in [-0.2, -0.15) is 0 Å². The second-order valence-electron chi connectivity index (χ2n) is 7.27. The Morgan fingerprint density at radius 1 is 1.12 bits per heavy atom. The fraction of sp³-hybridized carbons (Fsp3) is 0.722. The molecule has 0 spiro atoms. The monoisotopic (exact) mass is 346 g/mol. The molecule has 3 heterocycles. The van der Waals surface area contributed by atoms with Crippen molar-refractivity contribution in [1.82, 2.24) is 15.1 Å². The van der Waals surface area contributed by atoms with Gasteiger partial charge in [0.15, 0.2) is 11.5 Å². The number of anilines is 1. The average Bonchev–Trinajstić information content (AvgIpc) is 3.33. The van der Waals surface area contributed by atoms with Crippen LogP contribution >= 0.6 is 0 Å². The molecule has 136 valence electrons. The van der Waals surface area contributed by atoms with Crippen molar-refractivity contribution in [3.8, 4) is 0 Å². The van der Waals surface area contributed by atoms with Gasteiger partial charge in [-0.3, -0.25) is 4.79 Å². The second-order valence-corrected chi connectivity index (χ2v) is 7.27. The van der Waals surface area contributed by atoms with Crippen LogP contribution in [-0.2, 0) is 4.74 Å². The molecule has 2 saturated heterocycles. The number of aliphatic hydroxyl groups is 1. The summed E-state index contributed by atoms with van der Waals surface area (Å²) in [4.78, 5) is 17.0. The molecule has 2 aliphatic heterocycles. The van der Waals surface area contributed by atoms with Crippen LogP contribution in [0.5, 0.6) is 0 Å². The number of aromatic nitrogens is 2. The molecule has 25 heavy (non-hydrogen) atoms. The topological polar surface area (TPSA) is 78.8 Å². The predicted octanol–water partition coefficient (Wildman–Crippen LogP) is 1.08. The first-order chi connectivity index (χ1) is 12.2. The summed E-state index contributed by atoms with van der Waals surface area (Å²) < 4.78 is 5.60. The number of aliphatic hydroxyl groups excluding tert-OH is 1. The second kappa shape index (κ2) is 7.25. The maximum Gasteiger partial charge on any atom is 0.274 e. The van der Waals surface area contributed by atoms with Crippen molar-refractivity contribution in [2.75, 3.05) is 37.7 Å². The lowest BCUT2D eigenvalue weighted by Gasteiger charge is -2.39. The molecule has 4 rings (SSSR count). The van der Waals surface area contributed by atoms with E-state index in [0.717, 1.165) is 38.2 Å². The standard InChI is InChI=1S/C18H26N4O3/c23-16-5-3-4-13(16)15-12-25-11-10-22(15)18(24)14-6-7-17(20-19-14)21-8-1-2-9-21/h6-7,13,15-16,23H,1-5,8-12H2/t13-,15+,16-/m0/s1. The van der Waals surface area contributed by atoms with Gasteiger partial charge >= 0.3 is 0 Å². The quantitative estimate of drug-likeness (QED) is 0.882. The van der Waals surface area contributed by atoms with Crippen molar-refractivity contribution in [2.45, 2.75) is 44.2 Å². The zero-order valence-electron chi connectivity index (χ0n) is 14.5. The molecule has 1 saturated carbocycles. The number of morpholine rings is 1. The highest BCUT2D eigenvalue weighted by Crippen LogP contribution is 2.32. The maximum absolute atomic E-state index is 13.0. The van der Waals surface area contributed by atoms with E-state index in [9.17, 15) is 9.90 Å². The molecule has 3 aliphatic rings. The third kappa shape index (κ3) is 3.35. The van der Waals surface area contributed by atoms with Gasteiger partial charge in [-0.15, -0.1) is 10.2 Å². The van der Waals surface area contributed by atoms with E-state index in [-0.39, 0.29) is 24.0 Å². The normalized spacial score (nSPS) is 30.0. The largest absolute Gasteiger partial charge is 0.393 e. The van der Waals surface area contributed by atoms with Crippen LogP contribution in [0, 0.1) is 5.92 Å². The van der Waals surface area contributed by atoms with Gasteiger partial charge in [-0.25, -0.2) is 0 Å². The molecule has 0 aromatic carbocycles. The number of nitrogens with zero attached hydrogens (tertiary/aromatic N) is 4. The Bertz CT molecular complexity index is 603. The van der Waals surface area contributed by atoms with E-state index in [4.69, 9.17) is 4.74 Å². The van der Waals surface area contributed by atoms with Gasteiger partial charge in [0, 0.05) is 25.6 Å². The number of carbonyl (C=O) groups is 1. The minimum absolute atomic E-state index is 0.0705. The Morgan fingerprint density at radius 3 is 2.64 bits per heavy atom. The van der Waals surface area contributed by atoms with Gasteiger partial charge in [-0.05, 0) is 37.8 Å². The first-order valence-electron chi connectivity index (χ1n) is 9.39. The average molecular weight is 346 g/mol. The van der Waals surface area contributed by atoms with Crippen molar-refractivity contribution in [3.63, 3.8) is 0 Å². The molecule has 1 aromatic rings. The number of hydrogen-bond donors (Lipinski definition) is 1. The third-order valence-corrected chi connectivity index (χ3v) is 5.75. The van der Waals surface area contributed by atoms with Crippen LogP contribution in [0.4, 0.5) is 5.82 Å². The number of rotatable bonds is 3. The molecular weight excluding hydrogens is 320 g/mol. The summed E-state index contributed by atoms with van der Waals surface area (Å²) in [6.45, 7) is 3.58. The molecule has 1 amide bonds. The molecule has 3 atom stereocenters. The van der Waals surface area contributed by atoms with E-state index >= 15 is 0 Å². The molecule has 1 N–H and O–H groups in total. The fourth-order valence-corrected chi connectivity index (χ4v) is 4.35. The summed E-state index contributed by atoms with van der Waals surface area (Å²) in [5, 5.41) is 18.7. The Balaban J connectivity index is 1.49. The summed E-state index contributed by atoms with van der Waals surface area (Å²) in [6, 6.07) is 3.60. The van der Waals surface area contributed by atoms with Crippen molar-refractivity contribution >= 4 is 11.7 Å². The first kappa shape index (κ1) is 16.7. The van der Waals surface area contributed by atoms with Crippen molar-refractivity contribution < 1.29 is 14.6 Å². The Morgan fingerprint density at radius 2 is 1.96 bits per heavy atom. The lowest BCUT2D eigenvalue weighted by molar-refractivity contribution is -0.0386. The maximum atomic E-state index is 13.0. The van der Waals surface area contributed by atoms with Crippen LogP contribution in [0.3, 0.4) is 0 Å². The number of ether oxygens (including phenoxy) is 1. The lowest BCUT2D eigenvalue weighted by atomic mass is 9.94. The Hall–Kier alpha value is -1.73. The summed E-state index contributed by atoms with van der Waals surface area (Å²) >= 11 is 0. The Labute approximate surface area is 148 Å². The zero-order chi connectivity index (χ0) is 17.2. The molecule has 7 nitrogen and oxygen atoms in total. The van der Waals surface area contributed by atoms with Gasteiger partial charge in [0.05, 0.1) is 25.4 Å². The Kier molecular flexibility index (Phi) is 4.85. The lowest BCUT2D eigenvalue weighted by Crippen LogP contribution is -2.53. The highest BCUT2D eigenvalue weighted by atomic mass is 16.5. The molecule has 3 fully saturated rings. The highest BCUT2D eigenvalue weighted by Gasteiger charge is 2.40. The van der Waals surface area contributed by atoms with E-state index in [1.165, 1.54) is 12.8 Å². The summed E-state index contributed by atoms with van der Waals surface area (Å²) in [5.74, 6) is 0.841. The van der Waals surface area contributed by atoms with Gasteiger partial charge in [0.2, 0.25) is 0 Å². The summed E-state index contributed by atoms with van der Waals surface area (Å²) in [6.07, 6.45) is 4.79. The van der Waals surface area contributed by atoms with E-state index in [0.29, 0.717) is 25.5 Å². The van der Waals surface area contributed by atoms with Crippen LogP contribution < -0.4 is 4.90 Å². The number of carbonyl (C=O) groups excluding carboxylic acids is 1. The van der Waals surface area contributed by atoms with Crippen LogP contribution in [0.2, 0.25) is 0 Å². The van der Waals surface area contributed by atoms with Gasteiger partial charge in [0.25, 0.3) is 5.91 Å². The SMILES string of the molecule is O=C(c1ccc(N2CCCC2)nn1)N1CCOC[C@@H]1[C@@H]1CCC[C@@H]1O. The van der Waals surface area contributed by atoms with Crippen LogP contribution in [0.15, 0.2) is 12.1 Å². The summed E-state index contributed by atoms with van der Waals surface area (Å²) in [5.41, 5.74) is 0.377. The van der Waals surface area contributed by atoms with Gasteiger partial charge in [0.1, 0.15) is 0 Å². The minimum Gasteiger partial charge on any atom is -0.393 e. The molecule has 0 radical (unpaired) electrons. The molecule has 0 bridgehead atoms. The highest BCUT2D eigenvalue weighted by molar-refractivity contribution is 5.92. The van der Waals surface area contributed by atoms with Crippen LogP contribution in [0.25, 0.3) is 0 Å². The van der Waals surface area contributed by atoms with Gasteiger partial charge < -0.3 is 19.6 Å². The first-order valence-corrected chi connectivity index (χ1v) is 9.39. The smallest absolute Gasteiger partial charge is 0.274 e. The molecule has 1 aromatic heterocycles. The predicted molar refractivity (Wildman–Crippen MR) is 92.5 cm³/mol. The van der Waals surface area contributed by atoms with Crippen molar-refractivity contribution in [1.29, 1.82) is 0 Å².